The largest absolute Gasteiger partial charge is 0.441 e. The molecule has 0 bridgehead atoms. The van der Waals surface area contributed by atoms with Gasteiger partial charge in [-0.25, -0.2) is 0 Å². The second-order valence-electron chi connectivity index (χ2n) is 9.66. The molecule has 3 heteroatoms. The average molecular weight is 495 g/mol. The Morgan fingerprint density at radius 3 is 0.886 bits per heavy atom. The lowest BCUT2D eigenvalue weighted by Crippen LogP contribution is -2.75. The number of benzene rings is 4. The van der Waals surface area contributed by atoms with Crippen LogP contribution in [0.3, 0.4) is 0 Å². The third-order valence-corrected chi connectivity index (χ3v) is 18.7. The first kappa shape index (κ1) is 25.4. The Hall–Kier alpha value is -2.73. The van der Waals surface area contributed by atoms with Gasteiger partial charge in [-0.2, -0.15) is 0 Å². The maximum absolute atomic E-state index is 8.15. The molecule has 0 fully saturated rings. The molecule has 0 radical (unpaired) electrons. The minimum absolute atomic E-state index is 0.413. The number of hydrogen-bond donors (Lipinski definition) is 0. The molecule has 180 valence electrons. The number of hydrogen-bond acceptors (Lipinski definition) is 1. The van der Waals surface area contributed by atoms with E-state index in [1.165, 1.54) is 20.7 Å². The van der Waals surface area contributed by atoms with E-state index in [0.717, 1.165) is 12.8 Å². The summed E-state index contributed by atoms with van der Waals surface area (Å²) in [6.07, 6.45) is 2.15. The third-order valence-electron chi connectivity index (χ3n) is 7.75. The first-order chi connectivity index (χ1) is 17.1. The molecule has 0 aliphatic carbocycles. The van der Waals surface area contributed by atoms with Crippen LogP contribution in [0.15, 0.2) is 121 Å². The molecule has 0 aliphatic heterocycles. The lowest BCUT2D eigenvalue weighted by atomic mass is 10.3. The summed E-state index contributed by atoms with van der Waals surface area (Å²) >= 11 is 0. The second kappa shape index (κ2) is 11.3. The quantitative estimate of drug-likeness (QED) is 0.241. The highest BCUT2D eigenvalue weighted by Crippen LogP contribution is 2.35. The normalized spacial score (nSPS) is 13.8. The molecule has 0 amide bonds. The molecule has 0 aromatic heterocycles. The highest BCUT2D eigenvalue weighted by molar-refractivity contribution is 7.10. The Bertz CT molecular complexity index is 989. The van der Waals surface area contributed by atoms with Crippen molar-refractivity contribution in [3.05, 3.63) is 121 Å². The SMILES string of the molecule is CC[C@H](C)[Si](O[Si](c1ccccc1)(c1ccccc1)[C@@H](C)CC)(c1ccccc1)c1ccccc1. The van der Waals surface area contributed by atoms with E-state index in [4.69, 9.17) is 4.12 Å². The van der Waals surface area contributed by atoms with Crippen LogP contribution in [0.5, 0.6) is 0 Å². The van der Waals surface area contributed by atoms with Gasteiger partial charge >= 0.3 is 0 Å². The minimum atomic E-state index is -2.67. The Labute approximate surface area is 214 Å². The molecule has 0 saturated heterocycles. The van der Waals surface area contributed by atoms with Gasteiger partial charge in [-0.1, -0.05) is 162 Å². The molecule has 35 heavy (non-hydrogen) atoms. The van der Waals surface area contributed by atoms with Crippen molar-refractivity contribution in [1.29, 1.82) is 0 Å². The first-order valence-electron chi connectivity index (χ1n) is 13.0. The lowest BCUT2D eigenvalue weighted by Gasteiger charge is -2.48. The predicted molar refractivity (Wildman–Crippen MR) is 156 cm³/mol. The highest BCUT2D eigenvalue weighted by atomic mass is 28.4. The average Bonchev–Trinajstić information content (AvgIpc) is 2.95. The highest BCUT2D eigenvalue weighted by Gasteiger charge is 2.54. The fourth-order valence-electron chi connectivity index (χ4n) is 5.48. The van der Waals surface area contributed by atoms with Gasteiger partial charge < -0.3 is 4.12 Å². The van der Waals surface area contributed by atoms with Gasteiger partial charge in [0.15, 0.2) is 0 Å². The van der Waals surface area contributed by atoms with Gasteiger partial charge in [-0.05, 0) is 31.8 Å². The van der Waals surface area contributed by atoms with E-state index < -0.39 is 16.6 Å². The minimum Gasteiger partial charge on any atom is -0.441 e. The molecular formula is C32H38OSi2. The lowest BCUT2D eigenvalue weighted by molar-refractivity contribution is 0.523. The summed E-state index contributed by atoms with van der Waals surface area (Å²) in [5, 5.41) is 5.47. The van der Waals surface area contributed by atoms with Crippen molar-refractivity contribution in [3.63, 3.8) is 0 Å². The van der Waals surface area contributed by atoms with Crippen LogP contribution in [0.1, 0.15) is 40.5 Å². The summed E-state index contributed by atoms with van der Waals surface area (Å²) in [7, 11) is -5.34. The Morgan fingerprint density at radius 1 is 0.457 bits per heavy atom. The Balaban J connectivity index is 2.09. The summed E-state index contributed by atoms with van der Waals surface area (Å²) in [5.41, 5.74) is 0.825. The van der Waals surface area contributed by atoms with E-state index in [9.17, 15) is 0 Å². The zero-order chi connectivity index (χ0) is 24.7. The molecule has 2 atom stereocenters. The number of rotatable bonds is 10. The van der Waals surface area contributed by atoms with Gasteiger partial charge in [0.25, 0.3) is 0 Å². The first-order valence-corrected chi connectivity index (χ1v) is 17.0. The van der Waals surface area contributed by atoms with Crippen LogP contribution in [-0.4, -0.2) is 16.6 Å². The smallest absolute Gasteiger partial charge is 0.248 e. The van der Waals surface area contributed by atoms with E-state index in [0.29, 0.717) is 11.1 Å². The molecular weight excluding hydrogens is 457 g/mol. The monoisotopic (exact) mass is 494 g/mol. The zero-order valence-electron chi connectivity index (χ0n) is 21.5. The Kier molecular flexibility index (Phi) is 8.22. The fourth-order valence-corrected chi connectivity index (χ4v) is 17.8. The van der Waals surface area contributed by atoms with Crippen LogP contribution in [0.25, 0.3) is 0 Å². The molecule has 4 aromatic carbocycles. The molecule has 4 rings (SSSR count). The maximum atomic E-state index is 8.15. The molecule has 1 nitrogen and oxygen atoms in total. The van der Waals surface area contributed by atoms with E-state index in [1.54, 1.807) is 0 Å². The van der Waals surface area contributed by atoms with E-state index >= 15 is 0 Å². The molecule has 0 unspecified atom stereocenters. The van der Waals surface area contributed by atoms with Crippen molar-refractivity contribution in [2.45, 2.75) is 51.6 Å². The van der Waals surface area contributed by atoms with Crippen LogP contribution in [-0.2, 0) is 4.12 Å². The van der Waals surface area contributed by atoms with Gasteiger partial charge in [-0.15, -0.1) is 0 Å². The fraction of sp³-hybridized carbons (Fsp3) is 0.250. The Morgan fingerprint density at radius 2 is 0.686 bits per heavy atom. The second-order valence-corrected chi connectivity index (χ2v) is 17.7. The van der Waals surface area contributed by atoms with Crippen molar-refractivity contribution >= 4 is 37.4 Å². The van der Waals surface area contributed by atoms with Crippen molar-refractivity contribution < 1.29 is 4.12 Å². The van der Waals surface area contributed by atoms with Gasteiger partial charge in [0, 0.05) is 0 Å². The maximum Gasteiger partial charge on any atom is 0.248 e. The van der Waals surface area contributed by atoms with Gasteiger partial charge in [0.05, 0.1) is 0 Å². The van der Waals surface area contributed by atoms with E-state index in [1.807, 2.05) is 0 Å². The van der Waals surface area contributed by atoms with Crippen molar-refractivity contribution in [2.24, 2.45) is 0 Å². The summed E-state index contributed by atoms with van der Waals surface area (Å²) in [6.45, 7) is 9.47. The summed E-state index contributed by atoms with van der Waals surface area (Å²) in [6, 6.07) is 44.5. The topological polar surface area (TPSA) is 9.23 Å². The van der Waals surface area contributed by atoms with Crippen molar-refractivity contribution in [1.82, 2.24) is 0 Å². The van der Waals surface area contributed by atoms with Crippen LogP contribution in [0, 0.1) is 0 Å². The van der Waals surface area contributed by atoms with Crippen LogP contribution < -0.4 is 20.7 Å². The molecule has 0 aliphatic rings. The van der Waals surface area contributed by atoms with Crippen molar-refractivity contribution in [2.75, 3.05) is 0 Å². The van der Waals surface area contributed by atoms with E-state index in [-0.39, 0.29) is 0 Å². The van der Waals surface area contributed by atoms with Gasteiger partial charge in [0.2, 0.25) is 16.6 Å². The van der Waals surface area contributed by atoms with Gasteiger partial charge in [-0.3, -0.25) is 0 Å². The predicted octanol–water partition coefficient (Wildman–Crippen LogP) is 6.12. The van der Waals surface area contributed by atoms with Crippen LogP contribution in [0.2, 0.25) is 11.1 Å². The third kappa shape index (κ3) is 4.73. The molecule has 0 heterocycles. The summed E-state index contributed by atoms with van der Waals surface area (Å²) < 4.78 is 8.15. The van der Waals surface area contributed by atoms with Crippen LogP contribution in [0.4, 0.5) is 0 Å². The van der Waals surface area contributed by atoms with Crippen LogP contribution >= 0.6 is 0 Å². The van der Waals surface area contributed by atoms with E-state index in [2.05, 4.69) is 149 Å². The standard InChI is InChI=1S/C32H38OSi2/c1-5-27(3)34(29-19-11-7-12-20-29,30-21-13-8-14-22-30)33-35(28(4)6-2,31-23-15-9-16-24-31)32-25-17-10-18-26-32/h7-28H,5-6H2,1-4H3/t27-,28-/m0/s1. The molecule has 4 aromatic rings. The van der Waals surface area contributed by atoms with Gasteiger partial charge in [0.1, 0.15) is 0 Å². The molecule has 0 spiro atoms. The zero-order valence-corrected chi connectivity index (χ0v) is 23.5. The summed E-state index contributed by atoms with van der Waals surface area (Å²) in [4.78, 5) is 0. The van der Waals surface area contributed by atoms with Crippen molar-refractivity contribution in [3.8, 4) is 0 Å². The summed E-state index contributed by atoms with van der Waals surface area (Å²) in [5.74, 6) is 0. The molecule has 0 N–H and O–H groups in total. The molecule has 0 saturated carbocycles.